The lowest BCUT2D eigenvalue weighted by molar-refractivity contribution is -0.138. The van der Waals surface area contributed by atoms with E-state index in [0.717, 1.165) is 31.6 Å². The van der Waals surface area contributed by atoms with E-state index < -0.39 is 0 Å². The maximum Gasteiger partial charge on any atom is 0.336 e. The minimum Gasteiger partial charge on any atom is -0.456 e. The van der Waals surface area contributed by atoms with E-state index in [-0.39, 0.29) is 23.9 Å². The van der Waals surface area contributed by atoms with E-state index >= 15 is 0 Å². The first-order chi connectivity index (χ1) is 9.06. The third kappa shape index (κ3) is 1.71. The molecule has 3 rings (SSSR count). The van der Waals surface area contributed by atoms with Crippen molar-refractivity contribution in [2.45, 2.75) is 26.7 Å². The number of nitrogens with zero attached hydrogens (tertiary/aromatic N) is 1. The highest BCUT2D eigenvalue weighted by Gasteiger charge is 2.53. The summed E-state index contributed by atoms with van der Waals surface area (Å²) in [6.45, 7) is 6.65. The number of hydrogen-bond acceptors (Lipinski definition) is 4. The molecule has 19 heavy (non-hydrogen) atoms. The highest BCUT2D eigenvalue weighted by molar-refractivity contribution is 5.94. The van der Waals surface area contributed by atoms with Crippen molar-refractivity contribution in [2.75, 3.05) is 26.2 Å². The Morgan fingerprint density at radius 2 is 2.00 bits per heavy atom. The first-order valence-electron chi connectivity index (χ1n) is 6.96. The normalized spacial score (nSPS) is 30.4. The molecule has 0 aromatic rings. The molecule has 1 spiro atoms. The van der Waals surface area contributed by atoms with Crippen LogP contribution < -0.4 is 5.32 Å². The summed E-state index contributed by atoms with van der Waals surface area (Å²) in [7, 11) is 0. The van der Waals surface area contributed by atoms with Gasteiger partial charge in [-0.2, -0.15) is 0 Å². The van der Waals surface area contributed by atoms with Crippen LogP contribution in [0.1, 0.15) is 26.7 Å². The fourth-order valence-corrected chi connectivity index (χ4v) is 3.57. The molecule has 2 fully saturated rings. The zero-order chi connectivity index (χ0) is 13.6. The zero-order valence-corrected chi connectivity index (χ0v) is 11.5. The van der Waals surface area contributed by atoms with E-state index in [9.17, 15) is 9.59 Å². The van der Waals surface area contributed by atoms with Gasteiger partial charge in [0.25, 0.3) is 0 Å². The van der Waals surface area contributed by atoms with Crippen LogP contribution in [0.2, 0.25) is 0 Å². The van der Waals surface area contributed by atoms with Crippen molar-refractivity contribution in [3.63, 3.8) is 0 Å². The number of carbonyl (C=O) groups excluding carboxylic acids is 2. The Bertz CT molecular complexity index is 463. The van der Waals surface area contributed by atoms with Crippen LogP contribution in [-0.2, 0) is 14.3 Å². The number of carbonyl (C=O) groups is 2. The molecule has 3 aliphatic heterocycles. The van der Waals surface area contributed by atoms with E-state index in [4.69, 9.17) is 4.74 Å². The van der Waals surface area contributed by atoms with E-state index in [2.05, 4.69) is 12.2 Å². The van der Waals surface area contributed by atoms with Crippen LogP contribution in [0, 0.1) is 11.3 Å². The third-order valence-electron chi connectivity index (χ3n) is 4.97. The number of nitrogens with one attached hydrogen (secondary N) is 1. The smallest absolute Gasteiger partial charge is 0.336 e. The largest absolute Gasteiger partial charge is 0.456 e. The Morgan fingerprint density at radius 3 is 2.58 bits per heavy atom. The third-order valence-corrected chi connectivity index (χ3v) is 4.97. The number of likely N-dealkylation sites (tertiary alicyclic amines) is 1. The molecule has 0 bridgehead atoms. The number of ether oxygens (including phenoxy) is 1. The molecule has 3 aliphatic rings. The molecule has 0 aromatic carbocycles. The van der Waals surface area contributed by atoms with E-state index in [1.807, 2.05) is 0 Å². The van der Waals surface area contributed by atoms with Crippen LogP contribution in [0.25, 0.3) is 0 Å². The van der Waals surface area contributed by atoms with Crippen LogP contribution in [0.15, 0.2) is 11.3 Å². The maximum atomic E-state index is 12.8. The first-order valence-corrected chi connectivity index (χ1v) is 6.96. The molecule has 1 atom stereocenters. The van der Waals surface area contributed by atoms with Crippen LogP contribution in [0.5, 0.6) is 0 Å². The summed E-state index contributed by atoms with van der Waals surface area (Å²) in [5.74, 6) is 0.231. The number of rotatable bonds is 1. The van der Waals surface area contributed by atoms with Crippen molar-refractivity contribution in [2.24, 2.45) is 11.3 Å². The molecule has 3 heterocycles. The van der Waals surface area contributed by atoms with Crippen molar-refractivity contribution < 1.29 is 14.3 Å². The number of amides is 1. The van der Waals surface area contributed by atoms with Gasteiger partial charge in [-0.15, -0.1) is 0 Å². The lowest BCUT2D eigenvalue weighted by Gasteiger charge is -2.35. The Hall–Kier alpha value is -1.36. The van der Waals surface area contributed by atoms with Crippen LogP contribution >= 0.6 is 0 Å². The average Bonchev–Trinajstić information content (AvgIpc) is 2.86. The highest BCUT2D eigenvalue weighted by atomic mass is 16.5. The second kappa shape index (κ2) is 4.34. The summed E-state index contributed by atoms with van der Waals surface area (Å²) in [6, 6.07) is 0. The molecule has 5 heteroatoms. The quantitative estimate of drug-likeness (QED) is 0.707. The first kappa shape index (κ1) is 12.7. The predicted molar refractivity (Wildman–Crippen MR) is 69.1 cm³/mol. The summed E-state index contributed by atoms with van der Waals surface area (Å²) in [6.07, 6.45) is 1.79. The van der Waals surface area contributed by atoms with E-state index in [1.54, 1.807) is 11.8 Å². The minimum atomic E-state index is -0.290. The van der Waals surface area contributed by atoms with Crippen molar-refractivity contribution in [1.29, 1.82) is 0 Å². The number of piperidine rings is 1. The molecule has 1 amide bonds. The number of esters is 1. The summed E-state index contributed by atoms with van der Waals surface area (Å²) in [5.41, 5.74) is 1.13. The fraction of sp³-hybridized carbons (Fsp3) is 0.714. The topological polar surface area (TPSA) is 58.6 Å². The Balaban J connectivity index is 1.91. The second-order valence-corrected chi connectivity index (χ2v) is 5.87. The van der Waals surface area contributed by atoms with Crippen molar-refractivity contribution in [3.05, 3.63) is 11.3 Å². The van der Waals surface area contributed by atoms with Crippen molar-refractivity contribution in [3.8, 4) is 0 Å². The lowest BCUT2D eigenvalue weighted by Crippen LogP contribution is -2.44. The van der Waals surface area contributed by atoms with E-state index in [0.29, 0.717) is 18.0 Å². The molecular weight excluding hydrogens is 244 g/mol. The maximum absolute atomic E-state index is 12.8. The summed E-state index contributed by atoms with van der Waals surface area (Å²) >= 11 is 0. The van der Waals surface area contributed by atoms with Crippen LogP contribution in [0.3, 0.4) is 0 Å². The molecule has 5 nitrogen and oxygen atoms in total. The second-order valence-electron chi connectivity index (χ2n) is 5.87. The number of cyclic esters (lactones) is 1. The molecule has 1 N–H and O–H groups in total. The highest BCUT2D eigenvalue weighted by Crippen LogP contribution is 2.46. The van der Waals surface area contributed by atoms with Gasteiger partial charge < -0.3 is 15.0 Å². The molecular formula is C14H20N2O3. The van der Waals surface area contributed by atoms with Gasteiger partial charge in [0.1, 0.15) is 6.61 Å². The van der Waals surface area contributed by atoms with Gasteiger partial charge in [-0.1, -0.05) is 6.92 Å². The van der Waals surface area contributed by atoms with Gasteiger partial charge in [-0.05, 0) is 38.8 Å². The average molecular weight is 264 g/mol. The van der Waals surface area contributed by atoms with E-state index in [1.165, 1.54) is 0 Å². The van der Waals surface area contributed by atoms with Crippen molar-refractivity contribution in [1.82, 2.24) is 10.2 Å². The van der Waals surface area contributed by atoms with Crippen LogP contribution in [-0.4, -0.2) is 43.0 Å². The van der Waals surface area contributed by atoms with Gasteiger partial charge in [-0.3, -0.25) is 4.79 Å². The molecule has 0 aliphatic carbocycles. The molecule has 0 unspecified atom stereocenters. The van der Waals surface area contributed by atoms with Gasteiger partial charge >= 0.3 is 5.97 Å². The van der Waals surface area contributed by atoms with Gasteiger partial charge in [0.2, 0.25) is 5.91 Å². The Labute approximate surface area is 113 Å². The van der Waals surface area contributed by atoms with Gasteiger partial charge in [0.05, 0.1) is 16.7 Å². The predicted octanol–water partition coefficient (Wildman–Crippen LogP) is 0.665. The van der Waals surface area contributed by atoms with Gasteiger partial charge in [0, 0.05) is 6.54 Å². The number of hydrogen-bond donors (Lipinski definition) is 1. The summed E-state index contributed by atoms with van der Waals surface area (Å²) in [4.78, 5) is 26.1. The fourth-order valence-electron chi connectivity index (χ4n) is 3.57. The molecule has 0 aromatic heterocycles. The SMILES string of the molecule is CC1=C(N2C[C@H](C)C3(CCNCC3)C2=O)COC1=O. The monoisotopic (exact) mass is 264 g/mol. The lowest BCUT2D eigenvalue weighted by atomic mass is 9.71. The Morgan fingerprint density at radius 1 is 1.32 bits per heavy atom. The molecule has 0 radical (unpaired) electrons. The zero-order valence-electron chi connectivity index (χ0n) is 11.5. The minimum absolute atomic E-state index is 0.189. The standard InChI is InChI=1S/C14H20N2O3/c1-9-7-16(11-8-19-12(17)10(11)2)13(18)14(9)3-5-15-6-4-14/h9,15H,3-8H2,1-2H3/t9-/m0/s1. The Kier molecular flexibility index (Phi) is 2.89. The van der Waals surface area contributed by atoms with Crippen molar-refractivity contribution >= 4 is 11.9 Å². The van der Waals surface area contributed by atoms with Gasteiger partial charge in [0.15, 0.2) is 0 Å². The summed E-state index contributed by atoms with van der Waals surface area (Å²) in [5, 5.41) is 3.32. The molecule has 2 saturated heterocycles. The molecule has 0 saturated carbocycles. The summed E-state index contributed by atoms with van der Waals surface area (Å²) < 4.78 is 5.03. The van der Waals surface area contributed by atoms with Gasteiger partial charge in [-0.25, -0.2) is 4.79 Å². The molecule has 104 valence electrons. The van der Waals surface area contributed by atoms with Crippen LogP contribution in [0.4, 0.5) is 0 Å².